The lowest BCUT2D eigenvalue weighted by Gasteiger charge is -2.21. The molecule has 0 saturated heterocycles. The van der Waals surface area contributed by atoms with Crippen LogP contribution >= 0.6 is 23.2 Å². The number of hydrogen-bond donors (Lipinski definition) is 1. The van der Waals surface area contributed by atoms with E-state index in [1.54, 1.807) is 18.2 Å². The maximum Gasteiger partial charge on any atom is 0.306 e. The Morgan fingerprint density at radius 1 is 1.30 bits per heavy atom. The van der Waals surface area contributed by atoms with Crippen LogP contribution in [0, 0.1) is 0 Å². The second-order valence-corrected chi connectivity index (χ2v) is 6.51. The summed E-state index contributed by atoms with van der Waals surface area (Å²) in [4.78, 5) is 11.8. The molecule has 0 saturated carbocycles. The van der Waals surface area contributed by atoms with Crippen molar-refractivity contribution in [3.8, 4) is 0 Å². The molecule has 0 heterocycles. The van der Waals surface area contributed by atoms with Crippen molar-refractivity contribution in [2.45, 2.75) is 45.1 Å². The number of esters is 1. The molecule has 3 nitrogen and oxygen atoms in total. The molecular formula is C15H21Cl2NO2. The Labute approximate surface area is 130 Å². The van der Waals surface area contributed by atoms with Crippen molar-refractivity contribution < 1.29 is 9.53 Å². The van der Waals surface area contributed by atoms with Crippen LogP contribution in [0.3, 0.4) is 0 Å². The van der Waals surface area contributed by atoms with Gasteiger partial charge in [0.05, 0.1) is 0 Å². The lowest BCUT2D eigenvalue weighted by Crippen LogP contribution is -2.24. The summed E-state index contributed by atoms with van der Waals surface area (Å²) >= 11 is 12.3. The summed E-state index contributed by atoms with van der Waals surface area (Å²) in [5.41, 5.74) is 6.12. The van der Waals surface area contributed by atoms with Crippen LogP contribution in [0.5, 0.6) is 0 Å². The van der Waals surface area contributed by atoms with Gasteiger partial charge < -0.3 is 10.5 Å². The summed E-state index contributed by atoms with van der Waals surface area (Å²) in [6.45, 7) is 5.91. The SMILES string of the molecule is CC(C)(C)OC(=O)CCC(CN)c1c(Cl)cccc1Cl. The highest BCUT2D eigenvalue weighted by Gasteiger charge is 2.21. The number of carbonyl (C=O) groups is 1. The van der Waals surface area contributed by atoms with E-state index in [1.165, 1.54) is 0 Å². The van der Waals surface area contributed by atoms with Crippen LogP contribution in [0.15, 0.2) is 18.2 Å². The standard InChI is InChI=1S/C15H21Cl2NO2/c1-15(2,3)20-13(19)8-7-10(9-18)14-11(16)5-4-6-12(14)17/h4-6,10H,7-9,18H2,1-3H3. The fourth-order valence-corrected chi connectivity index (χ4v) is 2.67. The Morgan fingerprint density at radius 2 is 1.85 bits per heavy atom. The molecule has 0 bridgehead atoms. The topological polar surface area (TPSA) is 52.3 Å². The van der Waals surface area contributed by atoms with E-state index in [4.69, 9.17) is 33.7 Å². The van der Waals surface area contributed by atoms with E-state index in [0.717, 1.165) is 5.56 Å². The summed E-state index contributed by atoms with van der Waals surface area (Å²) in [6, 6.07) is 5.34. The first kappa shape index (κ1) is 17.3. The van der Waals surface area contributed by atoms with Gasteiger partial charge in [-0.1, -0.05) is 29.3 Å². The maximum atomic E-state index is 11.8. The summed E-state index contributed by atoms with van der Waals surface area (Å²) in [7, 11) is 0. The van der Waals surface area contributed by atoms with Crippen LogP contribution in [0.2, 0.25) is 10.0 Å². The zero-order valence-electron chi connectivity index (χ0n) is 12.1. The number of halogens is 2. The summed E-state index contributed by atoms with van der Waals surface area (Å²) in [5.74, 6) is -0.289. The molecule has 0 fully saturated rings. The van der Waals surface area contributed by atoms with E-state index in [1.807, 2.05) is 20.8 Å². The van der Waals surface area contributed by atoms with Crippen LogP contribution in [0.25, 0.3) is 0 Å². The molecule has 1 atom stereocenters. The Hall–Kier alpha value is -0.770. The van der Waals surface area contributed by atoms with Gasteiger partial charge in [0.2, 0.25) is 0 Å². The lowest BCUT2D eigenvalue weighted by atomic mass is 9.94. The molecule has 1 rings (SSSR count). The molecule has 0 amide bonds. The molecular weight excluding hydrogens is 297 g/mol. The zero-order valence-corrected chi connectivity index (χ0v) is 13.6. The first-order chi connectivity index (χ1) is 9.24. The molecule has 20 heavy (non-hydrogen) atoms. The van der Waals surface area contributed by atoms with Crippen molar-refractivity contribution in [2.24, 2.45) is 5.73 Å². The lowest BCUT2D eigenvalue weighted by molar-refractivity contribution is -0.155. The molecule has 0 aliphatic rings. The molecule has 1 aromatic rings. The predicted octanol–water partition coefficient (Wildman–Crippen LogP) is 4.16. The van der Waals surface area contributed by atoms with E-state index in [0.29, 0.717) is 29.4 Å². The number of rotatable bonds is 5. The van der Waals surface area contributed by atoms with Gasteiger partial charge in [-0.3, -0.25) is 4.79 Å². The van der Waals surface area contributed by atoms with E-state index in [-0.39, 0.29) is 11.9 Å². The van der Waals surface area contributed by atoms with Crippen LogP contribution in [0.4, 0.5) is 0 Å². The minimum absolute atomic E-state index is 0.0521. The van der Waals surface area contributed by atoms with E-state index < -0.39 is 5.60 Å². The van der Waals surface area contributed by atoms with Gasteiger partial charge in [0, 0.05) is 16.5 Å². The predicted molar refractivity (Wildman–Crippen MR) is 83.3 cm³/mol. The summed E-state index contributed by atoms with van der Waals surface area (Å²) < 4.78 is 5.28. The summed E-state index contributed by atoms with van der Waals surface area (Å²) in [6.07, 6.45) is 0.857. The van der Waals surface area contributed by atoms with E-state index in [9.17, 15) is 4.79 Å². The number of hydrogen-bond acceptors (Lipinski definition) is 3. The van der Waals surface area contributed by atoms with E-state index >= 15 is 0 Å². The second-order valence-electron chi connectivity index (χ2n) is 5.69. The van der Waals surface area contributed by atoms with Gasteiger partial charge in [0.15, 0.2) is 0 Å². The van der Waals surface area contributed by atoms with Gasteiger partial charge in [-0.05, 0) is 57.4 Å². The Bertz CT molecular complexity index is 449. The number of carbonyl (C=O) groups excluding carboxylic acids is 1. The van der Waals surface area contributed by atoms with Crippen molar-refractivity contribution in [1.29, 1.82) is 0 Å². The van der Waals surface area contributed by atoms with Crippen LogP contribution in [-0.2, 0) is 9.53 Å². The van der Waals surface area contributed by atoms with Gasteiger partial charge in [-0.15, -0.1) is 0 Å². The molecule has 0 aromatic heterocycles. The van der Waals surface area contributed by atoms with Crippen molar-refractivity contribution >= 4 is 29.2 Å². The average molecular weight is 318 g/mol. The Balaban J connectivity index is 2.71. The van der Waals surface area contributed by atoms with Crippen molar-refractivity contribution in [3.05, 3.63) is 33.8 Å². The summed E-state index contributed by atoms with van der Waals surface area (Å²) in [5, 5.41) is 1.16. The molecule has 0 radical (unpaired) electrons. The second kappa shape index (κ2) is 7.30. The minimum Gasteiger partial charge on any atom is -0.460 e. The smallest absolute Gasteiger partial charge is 0.306 e. The third kappa shape index (κ3) is 5.31. The van der Waals surface area contributed by atoms with Gasteiger partial charge in [0.1, 0.15) is 5.60 Å². The average Bonchev–Trinajstić information content (AvgIpc) is 2.30. The zero-order chi connectivity index (χ0) is 15.3. The third-order valence-electron chi connectivity index (χ3n) is 2.81. The van der Waals surface area contributed by atoms with Gasteiger partial charge in [0.25, 0.3) is 0 Å². The third-order valence-corrected chi connectivity index (χ3v) is 3.47. The largest absolute Gasteiger partial charge is 0.460 e. The molecule has 0 aliphatic heterocycles. The monoisotopic (exact) mass is 317 g/mol. The Morgan fingerprint density at radius 3 is 2.30 bits per heavy atom. The molecule has 112 valence electrons. The van der Waals surface area contributed by atoms with Crippen molar-refractivity contribution in [2.75, 3.05) is 6.54 Å². The van der Waals surface area contributed by atoms with Crippen LogP contribution in [0.1, 0.15) is 45.1 Å². The Kier molecular flexibility index (Phi) is 6.31. The van der Waals surface area contributed by atoms with Crippen LogP contribution in [-0.4, -0.2) is 18.1 Å². The van der Waals surface area contributed by atoms with Crippen LogP contribution < -0.4 is 5.73 Å². The fourth-order valence-electron chi connectivity index (χ4n) is 1.97. The van der Waals surface area contributed by atoms with E-state index in [2.05, 4.69) is 0 Å². The highest BCUT2D eigenvalue weighted by Crippen LogP contribution is 2.33. The maximum absolute atomic E-state index is 11.8. The highest BCUT2D eigenvalue weighted by molar-refractivity contribution is 6.36. The van der Waals surface area contributed by atoms with Gasteiger partial charge >= 0.3 is 5.97 Å². The minimum atomic E-state index is -0.475. The van der Waals surface area contributed by atoms with Crippen molar-refractivity contribution in [3.63, 3.8) is 0 Å². The molecule has 0 aliphatic carbocycles. The quantitative estimate of drug-likeness (QED) is 0.830. The highest BCUT2D eigenvalue weighted by atomic mass is 35.5. The number of nitrogens with two attached hydrogens (primary N) is 1. The molecule has 2 N–H and O–H groups in total. The van der Waals surface area contributed by atoms with Crippen molar-refractivity contribution in [1.82, 2.24) is 0 Å². The molecule has 1 aromatic carbocycles. The number of benzene rings is 1. The first-order valence-corrected chi connectivity index (χ1v) is 7.36. The normalized spacial score (nSPS) is 13.1. The van der Waals surface area contributed by atoms with Gasteiger partial charge in [-0.2, -0.15) is 0 Å². The first-order valence-electron chi connectivity index (χ1n) is 6.60. The number of ether oxygens (including phenoxy) is 1. The molecule has 5 heteroatoms. The fraction of sp³-hybridized carbons (Fsp3) is 0.533. The molecule has 0 spiro atoms. The van der Waals surface area contributed by atoms with Gasteiger partial charge in [-0.25, -0.2) is 0 Å². The molecule has 1 unspecified atom stereocenters.